The summed E-state index contributed by atoms with van der Waals surface area (Å²) < 4.78 is 10.8. The fourth-order valence-corrected chi connectivity index (χ4v) is 3.79. The van der Waals surface area contributed by atoms with Crippen molar-refractivity contribution in [1.82, 2.24) is 4.90 Å². The van der Waals surface area contributed by atoms with Crippen LogP contribution in [0.25, 0.3) is 0 Å². The van der Waals surface area contributed by atoms with Gasteiger partial charge in [0.05, 0.1) is 19.0 Å². The average molecular weight is 372 g/mol. The summed E-state index contributed by atoms with van der Waals surface area (Å²) in [6, 6.07) is 18.4. The molecule has 2 aromatic heterocycles. The maximum Gasteiger partial charge on any atom is 0.129 e. The number of furan rings is 1. The highest BCUT2D eigenvalue weighted by Gasteiger charge is 2.14. The molecule has 1 atom stereocenters. The van der Waals surface area contributed by atoms with Crippen molar-refractivity contribution >= 4 is 11.3 Å². The Morgan fingerprint density at radius 1 is 1.08 bits per heavy atom. The van der Waals surface area contributed by atoms with E-state index in [0.29, 0.717) is 13.2 Å². The number of aryl methyl sites for hydroxylation is 1. The Morgan fingerprint density at radius 3 is 2.62 bits per heavy atom. The molecule has 4 nitrogen and oxygen atoms in total. The van der Waals surface area contributed by atoms with Crippen molar-refractivity contribution < 1.29 is 14.3 Å². The quantitative estimate of drug-likeness (QED) is 0.579. The van der Waals surface area contributed by atoms with E-state index < -0.39 is 6.10 Å². The molecular weight excluding hydrogens is 346 g/mol. The molecule has 0 saturated heterocycles. The van der Waals surface area contributed by atoms with Crippen LogP contribution in [-0.2, 0) is 24.4 Å². The van der Waals surface area contributed by atoms with Crippen molar-refractivity contribution in [1.29, 1.82) is 0 Å². The van der Waals surface area contributed by atoms with E-state index in [4.69, 9.17) is 9.15 Å². The maximum atomic E-state index is 10.4. The summed E-state index contributed by atoms with van der Waals surface area (Å²) in [5.74, 6) is 0.771. The van der Waals surface area contributed by atoms with E-state index in [-0.39, 0.29) is 6.61 Å². The van der Waals surface area contributed by atoms with Crippen LogP contribution in [0.3, 0.4) is 0 Å². The predicted octanol–water partition coefficient (Wildman–Crippen LogP) is 4.23. The van der Waals surface area contributed by atoms with Gasteiger partial charge in [0.15, 0.2) is 0 Å². The Bertz CT molecular complexity index is 755. The highest BCUT2D eigenvalue weighted by atomic mass is 32.1. The second-order valence-corrected chi connectivity index (χ2v) is 7.79. The SMILES string of the molecule is Cc1ccc(CN(Cc2ccccc2)C[C@@H](O)COCc2ccco2)s1. The molecule has 0 fully saturated rings. The number of aliphatic hydroxyl groups excluding tert-OH is 1. The standard InChI is InChI=1S/C21H25NO3S/c1-17-9-10-21(26-17)14-22(12-18-6-3-2-4-7-18)13-19(23)15-24-16-20-8-5-11-25-20/h2-11,19,23H,12-16H2,1H3/t19-/m1/s1. The topological polar surface area (TPSA) is 45.8 Å². The van der Waals surface area contributed by atoms with Crippen LogP contribution in [0, 0.1) is 6.92 Å². The minimum atomic E-state index is -0.547. The molecular formula is C21H25NO3S. The first-order valence-electron chi connectivity index (χ1n) is 8.79. The van der Waals surface area contributed by atoms with Gasteiger partial charge in [-0.25, -0.2) is 0 Å². The zero-order valence-electron chi connectivity index (χ0n) is 15.0. The molecule has 0 amide bonds. The molecule has 5 heteroatoms. The Balaban J connectivity index is 1.54. The molecule has 2 heterocycles. The lowest BCUT2D eigenvalue weighted by Crippen LogP contribution is -2.34. The molecule has 0 aliphatic heterocycles. The molecule has 1 aromatic carbocycles. The van der Waals surface area contributed by atoms with Crippen LogP contribution in [0.1, 0.15) is 21.1 Å². The second-order valence-electron chi connectivity index (χ2n) is 6.42. The number of hydrogen-bond donors (Lipinski definition) is 1. The molecule has 0 unspecified atom stereocenters. The van der Waals surface area contributed by atoms with Crippen molar-refractivity contribution in [3.63, 3.8) is 0 Å². The number of thiophene rings is 1. The highest BCUT2D eigenvalue weighted by Crippen LogP contribution is 2.19. The smallest absolute Gasteiger partial charge is 0.129 e. The third-order valence-corrected chi connectivity index (χ3v) is 5.01. The van der Waals surface area contributed by atoms with E-state index in [1.165, 1.54) is 15.3 Å². The van der Waals surface area contributed by atoms with Gasteiger partial charge in [-0.2, -0.15) is 0 Å². The first-order chi connectivity index (χ1) is 12.7. The van der Waals surface area contributed by atoms with E-state index in [1.54, 1.807) is 17.6 Å². The van der Waals surface area contributed by atoms with E-state index in [1.807, 2.05) is 30.3 Å². The number of nitrogens with zero attached hydrogens (tertiary/aromatic N) is 1. The summed E-state index contributed by atoms with van der Waals surface area (Å²) in [5.41, 5.74) is 1.24. The third-order valence-electron chi connectivity index (χ3n) is 4.03. The second kappa shape index (κ2) is 9.69. The summed E-state index contributed by atoms with van der Waals surface area (Å²) in [6.07, 6.45) is 1.08. The Kier molecular flexibility index (Phi) is 7.03. The van der Waals surface area contributed by atoms with Crippen molar-refractivity contribution in [2.24, 2.45) is 0 Å². The molecule has 26 heavy (non-hydrogen) atoms. The summed E-state index contributed by atoms with van der Waals surface area (Å²) in [7, 11) is 0. The lowest BCUT2D eigenvalue weighted by atomic mass is 10.2. The largest absolute Gasteiger partial charge is 0.467 e. The summed E-state index contributed by atoms with van der Waals surface area (Å²) >= 11 is 1.80. The minimum Gasteiger partial charge on any atom is -0.467 e. The monoisotopic (exact) mass is 371 g/mol. The van der Waals surface area contributed by atoms with E-state index in [2.05, 4.69) is 36.1 Å². The Morgan fingerprint density at radius 2 is 1.92 bits per heavy atom. The molecule has 0 aliphatic carbocycles. The van der Waals surface area contributed by atoms with E-state index in [0.717, 1.165) is 18.8 Å². The Hall–Kier alpha value is -1.92. The highest BCUT2D eigenvalue weighted by molar-refractivity contribution is 7.11. The van der Waals surface area contributed by atoms with Crippen LogP contribution in [-0.4, -0.2) is 29.3 Å². The molecule has 0 bridgehead atoms. The third kappa shape index (κ3) is 6.11. The van der Waals surface area contributed by atoms with Crippen LogP contribution < -0.4 is 0 Å². The van der Waals surface area contributed by atoms with Crippen molar-refractivity contribution in [3.05, 3.63) is 81.9 Å². The zero-order valence-corrected chi connectivity index (χ0v) is 15.8. The minimum absolute atomic E-state index is 0.287. The van der Waals surface area contributed by atoms with Gasteiger partial charge in [-0.1, -0.05) is 30.3 Å². The van der Waals surface area contributed by atoms with Gasteiger partial charge in [0.2, 0.25) is 0 Å². The van der Waals surface area contributed by atoms with Crippen molar-refractivity contribution in [3.8, 4) is 0 Å². The van der Waals surface area contributed by atoms with Gasteiger partial charge in [0, 0.05) is 29.4 Å². The average Bonchev–Trinajstić information content (AvgIpc) is 3.27. The molecule has 0 saturated carbocycles. The van der Waals surface area contributed by atoms with Gasteiger partial charge in [0.25, 0.3) is 0 Å². The first-order valence-corrected chi connectivity index (χ1v) is 9.60. The molecule has 0 aliphatic rings. The number of ether oxygens (including phenoxy) is 1. The number of aliphatic hydroxyl groups is 1. The number of hydrogen-bond acceptors (Lipinski definition) is 5. The van der Waals surface area contributed by atoms with E-state index in [9.17, 15) is 5.11 Å². The molecule has 0 spiro atoms. The molecule has 3 aromatic rings. The molecule has 0 radical (unpaired) electrons. The van der Waals surface area contributed by atoms with Gasteiger partial charge in [-0.05, 0) is 36.8 Å². The maximum absolute atomic E-state index is 10.4. The lowest BCUT2D eigenvalue weighted by Gasteiger charge is -2.24. The van der Waals surface area contributed by atoms with Crippen molar-refractivity contribution in [2.45, 2.75) is 32.7 Å². The van der Waals surface area contributed by atoms with Crippen molar-refractivity contribution in [2.75, 3.05) is 13.2 Å². The van der Waals surface area contributed by atoms with Crippen LogP contribution in [0.5, 0.6) is 0 Å². The van der Waals surface area contributed by atoms with Crippen LogP contribution in [0.4, 0.5) is 0 Å². The first kappa shape index (κ1) is 18.9. The normalized spacial score (nSPS) is 12.6. The molecule has 138 valence electrons. The predicted molar refractivity (Wildman–Crippen MR) is 104 cm³/mol. The van der Waals surface area contributed by atoms with Crippen LogP contribution in [0.15, 0.2) is 65.3 Å². The number of benzene rings is 1. The van der Waals surface area contributed by atoms with Gasteiger partial charge in [0.1, 0.15) is 12.4 Å². The number of rotatable bonds is 10. The zero-order chi connectivity index (χ0) is 18.2. The molecule has 1 N–H and O–H groups in total. The fourth-order valence-electron chi connectivity index (χ4n) is 2.86. The van der Waals surface area contributed by atoms with Gasteiger partial charge < -0.3 is 14.3 Å². The van der Waals surface area contributed by atoms with Crippen LogP contribution >= 0.6 is 11.3 Å². The lowest BCUT2D eigenvalue weighted by molar-refractivity contribution is 0.00268. The van der Waals surface area contributed by atoms with Gasteiger partial charge in [-0.15, -0.1) is 11.3 Å². The summed E-state index contributed by atoms with van der Waals surface area (Å²) in [5, 5.41) is 10.4. The molecule has 3 rings (SSSR count). The van der Waals surface area contributed by atoms with Gasteiger partial charge in [-0.3, -0.25) is 4.90 Å². The van der Waals surface area contributed by atoms with Crippen LogP contribution in [0.2, 0.25) is 0 Å². The van der Waals surface area contributed by atoms with E-state index >= 15 is 0 Å². The summed E-state index contributed by atoms with van der Waals surface area (Å²) in [6.45, 7) is 4.97. The Labute approximate surface area is 158 Å². The fraction of sp³-hybridized carbons (Fsp3) is 0.333. The summed E-state index contributed by atoms with van der Waals surface area (Å²) in [4.78, 5) is 4.88. The van der Waals surface area contributed by atoms with Gasteiger partial charge >= 0.3 is 0 Å².